The van der Waals surface area contributed by atoms with Crippen LogP contribution >= 0.6 is 11.3 Å². The number of rotatable bonds is 5. The summed E-state index contributed by atoms with van der Waals surface area (Å²) in [4.78, 5) is 4.54. The fraction of sp³-hybridized carbons (Fsp3) is 0.111. The van der Waals surface area contributed by atoms with E-state index in [0.717, 1.165) is 27.7 Å². The number of ether oxygens (including phenoxy) is 1. The van der Waals surface area contributed by atoms with Gasteiger partial charge in [0.2, 0.25) is 5.13 Å². The maximum absolute atomic E-state index is 5.16. The normalized spacial score (nSPS) is 10.9. The second-order valence-electron chi connectivity index (χ2n) is 5.05. The van der Waals surface area contributed by atoms with Gasteiger partial charge in [0, 0.05) is 10.9 Å². The Hall–Kier alpha value is -2.66. The highest BCUT2D eigenvalue weighted by Crippen LogP contribution is 2.26. The van der Waals surface area contributed by atoms with Crippen LogP contribution in [-0.4, -0.2) is 18.3 Å². The molecule has 0 bridgehead atoms. The fourth-order valence-corrected chi connectivity index (χ4v) is 2.80. The van der Waals surface area contributed by atoms with E-state index in [4.69, 9.17) is 4.74 Å². The van der Waals surface area contributed by atoms with Crippen molar-refractivity contribution in [3.63, 3.8) is 0 Å². The van der Waals surface area contributed by atoms with Crippen LogP contribution in [0.3, 0.4) is 0 Å². The molecule has 1 N–H and O–H groups in total. The minimum absolute atomic E-state index is 0.764. The molecule has 0 aliphatic carbocycles. The molecule has 0 unspecified atom stereocenters. The molecule has 0 aliphatic heterocycles. The van der Waals surface area contributed by atoms with Crippen LogP contribution in [0.1, 0.15) is 11.1 Å². The number of aromatic nitrogens is 1. The molecular weight excluding hydrogens is 306 g/mol. The summed E-state index contributed by atoms with van der Waals surface area (Å²) in [6.07, 6.45) is 1.79. The van der Waals surface area contributed by atoms with Crippen molar-refractivity contribution < 1.29 is 4.74 Å². The Bertz CT molecular complexity index is 809. The van der Waals surface area contributed by atoms with E-state index in [0.29, 0.717) is 0 Å². The third-order valence-corrected chi connectivity index (χ3v) is 4.05. The van der Waals surface area contributed by atoms with Gasteiger partial charge in [-0.05, 0) is 36.8 Å². The number of benzene rings is 2. The summed E-state index contributed by atoms with van der Waals surface area (Å²) in [7, 11) is 1.66. The molecule has 116 valence electrons. The summed E-state index contributed by atoms with van der Waals surface area (Å²) in [6.45, 7) is 2.06. The second-order valence-corrected chi connectivity index (χ2v) is 5.91. The average molecular weight is 323 g/mol. The topological polar surface area (TPSA) is 46.5 Å². The molecule has 3 rings (SSSR count). The van der Waals surface area contributed by atoms with Crippen LogP contribution in [0.15, 0.2) is 59.0 Å². The van der Waals surface area contributed by atoms with E-state index in [-0.39, 0.29) is 0 Å². The molecule has 0 radical (unpaired) electrons. The van der Waals surface area contributed by atoms with E-state index in [2.05, 4.69) is 34.6 Å². The van der Waals surface area contributed by atoms with Crippen molar-refractivity contribution in [1.82, 2.24) is 4.98 Å². The third kappa shape index (κ3) is 3.96. The SMILES string of the molecule is COc1ccc(-c2csc(N/N=C\c3cccc(C)c3)n2)cc1. The number of anilines is 1. The monoisotopic (exact) mass is 323 g/mol. The molecule has 2 aromatic carbocycles. The summed E-state index contributed by atoms with van der Waals surface area (Å²) in [5.41, 5.74) is 7.23. The zero-order valence-electron chi connectivity index (χ0n) is 13.0. The van der Waals surface area contributed by atoms with Crippen LogP contribution in [0.5, 0.6) is 5.75 Å². The lowest BCUT2D eigenvalue weighted by Crippen LogP contribution is -1.90. The predicted octanol–water partition coefficient (Wildman–Crippen LogP) is 4.57. The Morgan fingerprint density at radius 3 is 2.74 bits per heavy atom. The number of nitrogens with one attached hydrogen (secondary N) is 1. The van der Waals surface area contributed by atoms with Crippen LogP contribution in [-0.2, 0) is 0 Å². The second kappa shape index (κ2) is 7.07. The number of thiazole rings is 1. The van der Waals surface area contributed by atoms with Gasteiger partial charge >= 0.3 is 0 Å². The van der Waals surface area contributed by atoms with Crippen LogP contribution in [0.2, 0.25) is 0 Å². The van der Waals surface area contributed by atoms with Gasteiger partial charge in [-0.15, -0.1) is 11.3 Å². The maximum atomic E-state index is 5.16. The Labute approximate surface area is 139 Å². The van der Waals surface area contributed by atoms with Gasteiger partial charge in [0.25, 0.3) is 0 Å². The molecule has 3 aromatic rings. The molecular formula is C18H17N3OS. The largest absolute Gasteiger partial charge is 0.497 e. The highest BCUT2D eigenvalue weighted by atomic mass is 32.1. The van der Waals surface area contributed by atoms with Crippen LogP contribution in [0.4, 0.5) is 5.13 Å². The molecule has 0 aliphatic rings. The van der Waals surface area contributed by atoms with Crippen molar-refractivity contribution in [2.45, 2.75) is 6.92 Å². The summed E-state index contributed by atoms with van der Waals surface area (Å²) >= 11 is 1.53. The van der Waals surface area contributed by atoms with E-state index < -0.39 is 0 Å². The Morgan fingerprint density at radius 1 is 1.17 bits per heavy atom. The van der Waals surface area contributed by atoms with Gasteiger partial charge in [-0.25, -0.2) is 4.98 Å². The molecule has 0 fully saturated rings. The smallest absolute Gasteiger partial charge is 0.203 e. The van der Waals surface area contributed by atoms with E-state index in [1.807, 2.05) is 41.8 Å². The lowest BCUT2D eigenvalue weighted by molar-refractivity contribution is 0.415. The summed E-state index contributed by atoms with van der Waals surface area (Å²) in [5.74, 6) is 0.838. The van der Waals surface area contributed by atoms with Crippen molar-refractivity contribution in [2.75, 3.05) is 12.5 Å². The molecule has 0 saturated heterocycles. The number of aryl methyl sites for hydroxylation is 1. The highest BCUT2D eigenvalue weighted by molar-refractivity contribution is 7.14. The van der Waals surface area contributed by atoms with Gasteiger partial charge in [0.05, 0.1) is 19.0 Å². The summed E-state index contributed by atoms with van der Waals surface area (Å²) < 4.78 is 5.16. The average Bonchev–Trinajstić information content (AvgIpc) is 3.04. The van der Waals surface area contributed by atoms with E-state index in [1.165, 1.54) is 16.9 Å². The standard InChI is InChI=1S/C18H17N3OS/c1-13-4-3-5-14(10-13)11-19-21-18-20-17(12-23-18)15-6-8-16(22-2)9-7-15/h3-12H,1-2H3,(H,20,21)/b19-11-. The molecule has 0 atom stereocenters. The summed E-state index contributed by atoms with van der Waals surface area (Å²) in [5, 5.41) is 7.01. The van der Waals surface area contributed by atoms with Crippen molar-refractivity contribution in [2.24, 2.45) is 5.10 Å². The van der Waals surface area contributed by atoms with Crippen molar-refractivity contribution in [1.29, 1.82) is 0 Å². The lowest BCUT2D eigenvalue weighted by atomic mass is 10.2. The molecule has 0 spiro atoms. The van der Waals surface area contributed by atoms with Crippen LogP contribution in [0, 0.1) is 6.92 Å². The summed E-state index contributed by atoms with van der Waals surface area (Å²) in [6, 6.07) is 16.0. The van der Waals surface area contributed by atoms with Gasteiger partial charge in [-0.2, -0.15) is 5.10 Å². The number of nitrogens with zero attached hydrogens (tertiary/aromatic N) is 2. The number of hydrazone groups is 1. The lowest BCUT2D eigenvalue weighted by Gasteiger charge is -2.00. The molecule has 23 heavy (non-hydrogen) atoms. The van der Waals surface area contributed by atoms with E-state index >= 15 is 0 Å². The number of hydrogen-bond donors (Lipinski definition) is 1. The van der Waals surface area contributed by atoms with Crippen molar-refractivity contribution >= 4 is 22.7 Å². The third-order valence-electron chi connectivity index (χ3n) is 3.31. The zero-order valence-corrected chi connectivity index (χ0v) is 13.8. The first-order chi connectivity index (χ1) is 11.2. The molecule has 4 nitrogen and oxygen atoms in total. The molecule has 5 heteroatoms. The zero-order chi connectivity index (χ0) is 16.1. The predicted molar refractivity (Wildman–Crippen MR) is 96.5 cm³/mol. The first-order valence-corrected chi connectivity index (χ1v) is 8.08. The minimum Gasteiger partial charge on any atom is -0.497 e. The molecule has 1 aromatic heterocycles. The van der Waals surface area contributed by atoms with Gasteiger partial charge in [0.1, 0.15) is 5.75 Å². The fourth-order valence-electron chi connectivity index (χ4n) is 2.13. The van der Waals surface area contributed by atoms with E-state index in [1.54, 1.807) is 13.3 Å². The molecule has 0 saturated carbocycles. The molecule has 1 heterocycles. The maximum Gasteiger partial charge on any atom is 0.203 e. The quantitative estimate of drug-likeness (QED) is 0.552. The van der Waals surface area contributed by atoms with Gasteiger partial charge in [0.15, 0.2) is 0 Å². The first kappa shape index (κ1) is 15.2. The van der Waals surface area contributed by atoms with Gasteiger partial charge < -0.3 is 4.74 Å². The van der Waals surface area contributed by atoms with Crippen LogP contribution < -0.4 is 10.2 Å². The van der Waals surface area contributed by atoms with Gasteiger partial charge in [-0.1, -0.05) is 29.8 Å². The van der Waals surface area contributed by atoms with Crippen molar-refractivity contribution in [3.8, 4) is 17.0 Å². The Morgan fingerprint density at radius 2 is 2.00 bits per heavy atom. The first-order valence-electron chi connectivity index (χ1n) is 7.20. The highest BCUT2D eigenvalue weighted by Gasteiger charge is 2.04. The van der Waals surface area contributed by atoms with E-state index in [9.17, 15) is 0 Å². The molecule has 0 amide bonds. The van der Waals surface area contributed by atoms with Crippen molar-refractivity contribution in [3.05, 3.63) is 65.0 Å². The number of methoxy groups -OCH3 is 1. The van der Waals surface area contributed by atoms with Crippen LogP contribution in [0.25, 0.3) is 11.3 Å². The minimum atomic E-state index is 0.764. The number of hydrogen-bond acceptors (Lipinski definition) is 5. The Kier molecular flexibility index (Phi) is 4.68. The van der Waals surface area contributed by atoms with Gasteiger partial charge in [-0.3, -0.25) is 5.43 Å². The Balaban J connectivity index is 1.67.